The standard InChI is InChI=1S/C13H23NO4/c1-9(11(15)16)8-10-6-5-7-14(10)12(17)18-13(2,3)4/h9-10H,5-8H2,1-4H3,(H,15,16)/t9-,10+/m1/s1. The largest absolute Gasteiger partial charge is 0.481 e. The van der Waals surface area contributed by atoms with Crippen LogP contribution in [0.15, 0.2) is 0 Å². The fourth-order valence-corrected chi connectivity index (χ4v) is 2.15. The Hall–Kier alpha value is -1.26. The lowest BCUT2D eigenvalue weighted by atomic mass is 10.0. The van der Waals surface area contributed by atoms with Gasteiger partial charge in [0.2, 0.25) is 0 Å². The van der Waals surface area contributed by atoms with Gasteiger partial charge in [-0.3, -0.25) is 4.79 Å². The topological polar surface area (TPSA) is 66.8 Å². The maximum absolute atomic E-state index is 12.0. The molecule has 1 fully saturated rings. The smallest absolute Gasteiger partial charge is 0.410 e. The maximum Gasteiger partial charge on any atom is 0.410 e. The summed E-state index contributed by atoms with van der Waals surface area (Å²) in [6, 6.07) is -0.00838. The normalized spacial score (nSPS) is 21.8. The van der Waals surface area contributed by atoms with Gasteiger partial charge < -0.3 is 14.7 Å². The molecule has 0 spiro atoms. The minimum Gasteiger partial charge on any atom is -0.481 e. The van der Waals surface area contributed by atoms with Crippen molar-refractivity contribution in [1.29, 1.82) is 0 Å². The van der Waals surface area contributed by atoms with Crippen molar-refractivity contribution in [3.05, 3.63) is 0 Å². The molecule has 0 saturated carbocycles. The second kappa shape index (κ2) is 5.59. The molecule has 1 N–H and O–H groups in total. The van der Waals surface area contributed by atoms with Crippen LogP contribution in [0.2, 0.25) is 0 Å². The summed E-state index contributed by atoms with van der Waals surface area (Å²) in [6.45, 7) is 7.82. The number of aliphatic carboxylic acids is 1. The molecular formula is C13H23NO4. The van der Waals surface area contributed by atoms with Crippen LogP contribution in [0.1, 0.15) is 47.0 Å². The molecule has 0 unspecified atom stereocenters. The lowest BCUT2D eigenvalue weighted by Crippen LogP contribution is -2.40. The first-order valence-corrected chi connectivity index (χ1v) is 6.43. The van der Waals surface area contributed by atoms with E-state index >= 15 is 0 Å². The average molecular weight is 257 g/mol. The number of amides is 1. The molecule has 104 valence electrons. The zero-order valence-corrected chi connectivity index (χ0v) is 11.6. The van der Waals surface area contributed by atoms with Gasteiger partial charge in [-0.2, -0.15) is 0 Å². The molecule has 1 rings (SSSR count). The molecule has 2 atom stereocenters. The van der Waals surface area contributed by atoms with Crippen molar-refractivity contribution in [2.24, 2.45) is 5.92 Å². The third kappa shape index (κ3) is 4.20. The number of carbonyl (C=O) groups excluding carboxylic acids is 1. The van der Waals surface area contributed by atoms with E-state index in [2.05, 4.69) is 0 Å². The second-order valence-electron chi connectivity index (χ2n) is 5.94. The molecule has 5 nitrogen and oxygen atoms in total. The number of rotatable bonds is 3. The van der Waals surface area contributed by atoms with E-state index in [0.717, 1.165) is 12.8 Å². The van der Waals surface area contributed by atoms with Crippen LogP contribution in [0.4, 0.5) is 4.79 Å². The van der Waals surface area contributed by atoms with Crippen LogP contribution in [-0.4, -0.2) is 40.3 Å². The molecule has 18 heavy (non-hydrogen) atoms. The van der Waals surface area contributed by atoms with E-state index in [4.69, 9.17) is 9.84 Å². The number of likely N-dealkylation sites (tertiary alicyclic amines) is 1. The predicted molar refractivity (Wildman–Crippen MR) is 67.4 cm³/mol. The first kappa shape index (κ1) is 14.8. The highest BCUT2D eigenvalue weighted by atomic mass is 16.6. The van der Waals surface area contributed by atoms with Crippen molar-refractivity contribution in [3.8, 4) is 0 Å². The number of hydrogen-bond acceptors (Lipinski definition) is 3. The van der Waals surface area contributed by atoms with Crippen LogP contribution >= 0.6 is 0 Å². The zero-order valence-electron chi connectivity index (χ0n) is 11.6. The Kier molecular flexibility index (Phi) is 4.59. The first-order valence-electron chi connectivity index (χ1n) is 6.43. The fourth-order valence-electron chi connectivity index (χ4n) is 2.15. The predicted octanol–water partition coefficient (Wildman–Crippen LogP) is 2.50. The molecule has 5 heteroatoms. The van der Waals surface area contributed by atoms with Crippen LogP contribution in [0.25, 0.3) is 0 Å². The fraction of sp³-hybridized carbons (Fsp3) is 0.846. The van der Waals surface area contributed by atoms with Gasteiger partial charge in [-0.05, 0) is 40.0 Å². The van der Waals surface area contributed by atoms with Crippen LogP contribution in [0.5, 0.6) is 0 Å². The van der Waals surface area contributed by atoms with E-state index in [-0.39, 0.29) is 12.1 Å². The summed E-state index contributed by atoms with van der Waals surface area (Å²) in [5.74, 6) is -1.25. The summed E-state index contributed by atoms with van der Waals surface area (Å²) in [6.07, 6.45) is 1.93. The number of ether oxygens (including phenoxy) is 1. The third-order valence-electron chi connectivity index (χ3n) is 3.05. The lowest BCUT2D eigenvalue weighted by Gasteiger charge is -2.29. The highest BCUT2D eigenvalue weighted by Gasteiger charge is 2.33. The first-order chi connectivity index (χ1) is 8.20. The molecule has 0 aromatic heterocycles. The maximum atomic E-state index is 12.0. The van der Waals surface area contributed by atoms with Gasteiger partial charge in [0.15, 0.2) is 0 Å². The third-order valence-corrected chi connectivity index (χ3v) is 3.05. The van der Waals surface area contributed by atoms with Crippen LogP contribution in [-0.2, 0) is 9.53 Å². The average Bonchev–Trinajstić information content (AvgIpc) is 2.62. The Balaban J connectivity index is 2.59. The van der Waals surface area contributed by atoms with E-state index in [1.165, 1.54) is 0 Å². The van der Waals surface area contributed by atoms with Gasteiger partial charge in [0.05, 0.1) is 5.92 Å². The summed E-state index contributed by atoms with van der Waals surface area (Å²) >= 11 is 0. The van der Waals surface area contributed by atoms with Crippen molar-refractivity contribution >= 4 is 12.1 Å². The highest BCUT2D eigenvalue weighted by Crippen LogP contribution is 2.25. The van der Waals surface area contributed by atoms with Gasteiger partial charge >= 0.3 is 12.1 Å². The quantitative estimate of drug-likeness (QED) is 0.843. The molecule has 0 aromatic rings. The summed E-state index contributed by atoms with van der Waals surface area (Å²) < 4.78 is 5.33. The van der Waals surface area contributed by atoms with Gasteiger partial charge in [0.25, 0.3) is 0 Å². The highest BCUT2D eigenvalue weighted by molar-refractivity contribution is 5.71. The molecule has 1 heterocycles. The lowest BCUT2D eigenvalue weighted by molar-refractivity contribution is -0.141. The Labute approximate surface area is 108 Å². The van der Waals surface area contributed by atoms with Gasteiger partial charge in [0, 0.05) is 12.6 Å². The summed E-state index contributed by atoms with van der Waals surface area (Å²) in [5, 5.41) is 8.92. The van der Waals surface area contributed by atoms with E-state index in [1.54, 1.807) is 11.8 Å². The molecule has 1 aliphatic rings. The monoisotopic (exact) mass is 257 g/mol. The van der Waals surface area contributed by atoms with Gasteiger partial charge in [-0.25, -0.2) is 4.79 Å². The molecule has 0 aromatic carbocycles. The van der Waals surface area contributed by atoms with Crippen molar-refractivity contribution in [2.75, 3.05) is 6.54 Å². The van der Waals surface area contributed by atoms with Gasteiger partial charge in [-0.1, -0.05) is 6.92 Å². The minimum absolute atomic E-state index is 0.00838. The Bertz CT molecular complexity index is 321. The van der Waals surface area contributed by atoms with Gasteiger partial charge in [-0.15, -0.1) is 0 Å². The van der Waals surface area contributed by atoms with Crippen molar-refractivity contribution in [2.45, 2.75) is 58.6 Å². The van der Waals surface area contributed by atoms with Crippen LogP contribution in [0, 0.1) is 5.92 Å². The van der Waals surface area contributed by atoms with Crippen molar-refractivity contribution < 1.29 is 19.4 Å². The van der Waals surface area contributed by atoms with Crippen molar-refractivity contribution in [1.82, 2.24) is 4.90 Å². The molecule has 0 bridgehead atoms. The van der Waals surface area contributed by atoms with Crippen molar-refractivity contribution in [3.63, 3.8) is 0 Å². The Morgan fingerprint density at radius 2 is 2.06 bits per heavy atom. The number of carbonyl (C=O) groups is 2. The number of carboxylic acids is 1. The summed E-state index contributed by atoms with van der Waals surface area (Å²) in [7, 11) is 0. The Morgan fingerprint density at radius 3 is 2.56 bits per heavy atom. The number of hydrogen-bond donors (Lipinski definition) is 1. The minimum atomic E-state index is -0.814. The van der Waals surface area contributed by atoms with E-state index < -0.39 is 17.5 Å². The molecule has 0 radical (unpaired) electrons. The van der Waals surface area contributed by atoms with Crippen LogP contribution < -0.4 is 0 Å². The molecule has 0 aliphatic carbocycles. The SMILES string of the molecule is C[C@H](C[C@@H]1CCCN1C(=O)OC(C)(C)C)C(=O)O. The van der Waals surface area contributed by atoms with Crippen LogP contribution in [0.3, 0.4) is 0 Å². The number of carboxylic acid groups (broad SMARTS) is 1. The Morgan fingerprint density at radius 1 is 1.44 bits per heavy atom. The second-order valence-corrected chi connectivity index (χ2v) is 5.94. The molecule has 1 saturated heterocycles. The molecular weight excluding hydrogens is 234 g/mol. The van der Waals surface area contributed by atoms with E-state index in [0.29, 0.717) is 13.0 Å². The zero-order chi connectivity index (χ0) is 13.9. The van der Waals surface area contributed by atoms with Gasteiger partial charge in [0.1, 0.15) is 5.60 Å². The summed E-state index contributed by atoms with van der Waals surface area (Å²) in [5.41, 5.74) is -0.511. The number of nitrogens with zero attached hydrogens (tertiary/aromatic N) is 1. The summed E-state index contributed by atoms with van der Waals surface area (Å²) in [4.78, 5) is 24.5. The molecule has 1 amide bonds. The van der Waals surface area contributed by atoms with E-state index in [1.807, 2.05) is 20.8 Å². The molecule has 1 aliphatic heterocycles. The van der Waals surface area contributed by atoms with E-state index in [9.17, 15) is 9.59 Å².